The molecule has 1 aromatic carbocycles. The lowest BCUT2D eigenvalue weighted by atomic mass is 9.85. The molecule has 0 aliphatic rings. The van der Waals surface area contributed by atoms with Crippen molar-refractivity contribution in [3.05, 3.63) is 34.6 Å². The van der Waals surface area contributed by atoms with E-state index in [1.807, 2.05) is 0 Å². The van der Waals surface area contributed by atoms with Crippen molar-refractivity contribution in [2.75, 3.05) is 6.54 Å². The summed E-state index contributed by atoms with van der Waals surface area (Å²) < 4.78 is 13.6. The number of amides is 1. The zero-order valence-corrected chi connectivity index (χ0v) is 12.6. The van der Waals surface area contributed by atoms with Crippen molar-refractivity contribution in [2.24, 2.45) is 17.8 Å². The van der Waals surface area contributed by atoms with E-state index >= 15 is 0 Å². The zero-order chi connectivity index (χ0) is 14.6. The summed E-state index contributed by atoms with van der Waals surface area (Å²) in [5, 5.41) is 3.09. The average molecular weight is 286 g/mol. The van der Waals surface area contributed by atoms with Gasteiger partial charge in [-0.05, 0) is 36.0 Å². The molecule has 2 nitrogen and oxygen atoms in total. The molecule has 0 aliphatic heterocycles. The quantitative estimate of drug-likeness (QED) is 0.866. The van der Waals surface area contributed by atoms with Gasteiger partial charge in [0.1, 0.15) is 5.82 Å². The molecular weight excluding hydrogens is 265 g/mol. The molecule has 0 fully saturated rings. The van der Waals surface area contributed by atoms with Gasteiger partial charge in [0.2, 0.25) is 0 Å². The molecule has 0 unspecified atom stereocenters. The Morgan fingerprint density at radius 2 is 1.84 bits per heavy atom. The first kappa shape index (κ1) is 16.0. The van der Waals surface area contributed by atoms with Gasteiger partial charge in [0, 0.05) is 11.6 Å². The fourth-order valence-corrected chi connectivity index (χ4v) is 2.38. The maximum absolute atomic E-state index is 13.6. The highest BCUT2D eigenvalue weighted by atomic mass is 35.5. The van der Waals surface area contributed by atoms with E-state index in [2.05, 4.69) is 33.0 Å². The standard InChI is InChI=1S/C15H21ClFNO/c1-9(2)13(10(3)4)8-18-15(19)12-6-5-11(16)7-14(12)17/h5-7,9-10,13H,8H2,1-4H3,(H,18,19). The molecule has 1 amide bonds. The van der Waals surface area contributed by atoms with E-state index in [0.29, 0.717) is 24.3 Å². The van der Waals surface area contributed by atoms with Crippen LogP contribution in [0.25, 0.3) is 0 Å². The lowest BCUT2D eigenvalue weighted by Crippen LogP contribution is -2.34. The molecule has 0 atom stereocenters. The van der Waals surface area contributed by atoms with Gasteiger partial charge in [0.15, 0.2) is 0 Å². The molecule has 4 heteroatoms. The van der Waals surface area contributed by atoms with Gasteiger partial charge >= 0.3 is 0 Å². The number of halogens is 2. The Bertz CT molecular complexity index is 438. The van der Waals surface area contributed by atoms with Gasteiger partial charge in [-0.1, -0.05) is 39.3 Å². The molecule has 0 aromatic heterocycles. The van der Waals surface area contributed by atoms with Crippen LogP contribution >= 0.6 is 11.6 Å². The van der Waals surface area contributed by atoms with E-state index in [1.54, 1.807) is 0 Å². The van der Waals surface area contributed by atoms with E-state index in [9.17, 15) is 9.18 Å². The smallest absolute Gasteiger partial charge is 0.254 e. The SMILES string of the molecule is CC(C)C(CNC(=O)c1ccc(Cl)cc1F)C(C)C. The summed E-state index contributed by atoms with van der Waals surface area (Å²) in [6.07, 6.45) is 0. The van der Waals surface area contributed by atoms with Crippen LogP contribution in [0.1, 0.15) is 38.1 Å². The number of benzene rings is 1. The van der Waals surface area contributed by atoms with E-state index in [4.69, 9.17) is 11.6 Å². The second-order valence-corrected chi connectivity index (χ2v) is 5.92. The summed E-state index contributed by atoms with van der Waals surface area (Å²) >= 11 is 5.66. The third-order valence-corrected chi connectivity index (χ3v) is 3.62. The van der Waals surface area contributed by atoms with E-state index in [1.165, 1.54) is 12.1 Å². The van der Waals surface area contributed by atoms with Gasteiger partial charge in [-0.3, -0.25) is 4.79 Å². The molecule has 0 heterocycles. The van der Waals surface area contributed by atoms with Gasteiger partial charge < -0.3 is 5.32 Å². The van der Waals surface area contributed by atoms with Crippen LogP contribution in [-0.2, 0) is 0 Å². The van der Waals surface area contributed by atoms with Crippen LogP contribution in [0.5, 0.6) is 0 Å². The molecule has 19 heavy (non-hydrogen) atoms. The Labute approximate surface area is 119 Å². The topological polar surface area (TPSA) is 29.1 Å². The Morgan fingerprint density at radius 1 is 1.26 bits per heavy atom. The number of carbonyl (C=O) groups excluding carboxylic acids is 1. The van der Waals surface area contributed by atoms with Crippen molar-refractivity contribution in [1.29, 1.82) is 0 Å². The average Bonchev–Trinajstić information content (AvgIpc) is 2.27. The fraction of sp³-hybridized carbons (Fsp3) is 0.533. The molecule has 0 aliphatic carbocycles. The highest BCUT2D eigenvalue weighted by molar-refractivity contribution is 6.30. The van der Waals surface area contributed by atoms with Crippen LogP contribution in [0.2, 0.25) is 5.02 Å². The molecule has 1 rings (SSSR count). The van der Waals surface area contributed by atoms with Gasteiger partial charge in [-0.25, -0.2) is 4.39 Å². The van der Waals surface area contributed by atoms with E-state index in [-0.39, 0.29) is 16.5 Å². The summed E-state index contributed by atoms with van der Waals surface area (Å²) in [6, 6.07) is 4.08. The molecule has 0 bridgehead atoms. The molecule has 1 N–H and O–H groups in total. The number of rotatable bonds is 5. The highest BCUT2D eigenvalue weighted by Gasteiger charge is 2.19. The van der Waals surface area contributed by atoms with Gasteiger partial charge in [0.25, 0.3) is 5.91 Å². The van der Waals surface area contributed by atoms with Crippen molar-refractivity contribution in [3.8, 4) is 0 Å². The number of nitrogens with one attached hydrogen (secondary N) is 1. The summed E-state index contributed by atoms with van der Waals surface area (Å²) in [5.74, 6) is 0.334. The second kappa shape index (κ2) is 6.90. The summed E-state index contributed by atoms with van der Waals surface area (Å²) in [6.45, 7) is 9.05. The lowest BCUT2D eigenvalue weighted by Gasteiger charge is -2.25. The van der Waals surface area contributed by atoms with E-state index < -0.39 is 5.82 Å². The van der Waals surface area contributed by atoms with Crippen LogP contribution < -0.4 is 5.32 Å². The van der Waals surface area contributed by atoms with Crippen LogP contribution in [-0.4, -0.2) is 12.5 Å². The number of carbonyl (C=O) groups is 1. The molecule has 0 saturated heterocycles. The van der Waals surface area contributed by atoms with Crippen molar-refractivity contribution >= 4 is 17.5 Å². The van der Waals surface area contributed by atoms with E-state index in [0.717, 1.165) is 6.07 Å². The molecule has 106 valence electrons. The lowest BCUT2D eigenvalue weighted by molar-refractivity contribution is 0.0933. The van der Waals surface area contributed by atoms with Crippen LogP contribution in [0.15, 0.2) is 18.2 Å². The summed E-state index contributed by atoms with van der Waals surface area (Å²) in [4.78, 5) is 11.9. The molecule has 1 aromatic rings. The first-order valence-corrected chi connectivity index (χ1v) is 6.94. The zero-order valence-electron chi connectivity index (χ0n) is 11.8. The van der Waals surface area contributed by atoms with Crippen LogP contribution in [0.3, 0.4) is 0 Å². The summed E-state index contributed by atoms with van der Waals surface area (Å²) in [7, 11) is 0. The largest absolute Gasteiger partial charge is 0.352 e. The summed E-state index contributed by atoms with van der Waals surface area (Å²) in [5.41, 5.74) is 0.0377. The van der Waals surface area contributed by atoms with Crippen LogP contribution in [0.4, 0.5) is 4.39 Å². The van der Waals surface area contributed by atoms with Crippen LogP contribution in [0, 0.1) is 23.6 Å². The number of hydrogen-bond acceptors (Lipinski definition) is 1. The van der Waals surface area contributed by atoms with Gasteiger partial charge in [0.05, 0.1) is 5.56 Å². The van der Waals surface area contributed by atoms with Crippen molar-refractivity contribution in [3.63, 3.8) is 0 Å². The fourth-order valence-electron chi connectivity index (χ4n) is 2.22. The third-order valence-electron chi connectivity index (χ3n) is 3.39. The van der Waals surface area contributed by atoms with Gasteiger partial charge in [-0.2, -0.15) is 0 Å². The maximum Gasteiger partial charge on any atom is 0.254 e. The molecule has 0 saturated carbocycles. The molecular formula is C15H21ClFNO. The minimum atomic E-state index is -0.587. The Morgan fingerprint density at radius 3 is 2.32 bits per heavy atom. The molecule has 0 spiro atoms. The maximum atomic E-state index is 13.6. The molecule has 0 radical (unpaired) electrons. The first-order valence-electron chi connectivity index (χ1n) is 6.56. The van der Waals surface area contributed by atoms with Gasteiger partial charge in [-0.15, -0.1) is 0 Å². The van der Waals surface area contributed by atoms with Crippen molar-refractivity contribution in [1.82, 2.24) is 5.32 Å². The minimum absolute atomic E-state index is 0.0377. The Hall–Kier alpha value is -1.09. The Balaban J connectivity index is 2.69. The monoisotopic (exact) mass is 285 g/mol. The second-order valence-electron chi connectivity index (χ2n) is 5.49. The predicted molar refractivity (Wildman–Crippen MR) is 76.9 cm³/mol. The predicted octanol–water partition coefficient (Wildman–Crippen LogP) is 4.14. The third kappa shape index (κ3) is 4.50. The van der Waals surface area contributed by atoms with Crippen molar-refractivity contribution < 1.29 is 9.18 Å². The van der Waals surface area contributed by atoms with Crippen molar-refractivity contribution in [2.45, 2.75) is 27.7 Å². The highest BCUT2D eigenvalue weighted by Crippen LogP contribution is 2.20. The number of hydrogen-bond donors (Lipinski definition) is 1. The normalized spacial score (nSPS) is 11.4. The first-order chi connectivity index (χ1) is 8.82. The Kier molecular flexibility index (Phi) is 5.80. The minimum Gasteiger partial charge on any atom is -0.352 e.